The fraction of sp³-hybridized carbons (Fsp3) is 0.889. The number of rotatable bonds is 4. The molecule has 0 aromatic carbocycles. The van der Waals surface area contributed by atoms with Gasteiger partial charge in [-0.25, -0.2) is 0 Å². The molecule has 3 nitrogen and oxygen atoms in total. The van der Waals surface area contributed by atoms with Crippen molar-refractivity contribution in [3.05, 3.63) is 0 Å². The van der Waals surface area contributed by atoms with Crippen LogP contribution in [0.4, 0.5) is 0 Å². The van der Waals surface area contributed by atoms with Crippen molar-refractivity contribution in [2.24, 2.45) is 5.92 Å². The highest BCUT2D eigenvalue weighted by Crippen LogP contribution is 2.39. The Morgan fingerprint density at radius 2 is 2.17 bits per heavy atom. The molecule has 0 aromatic heterocycles. The predicted octanol–water partition coefficient (Wildman–Crippen LogP) is 0.440. The van der Waals surface area contributed by atoms with Gasteiger partial charge in [-0.2, -0.15) is 5.26 Å². The largest absolute Gasteiger partial charge is 0.306 e. The summed E-state index contributed by atoms with van der Waals surface area (Å²) in [5.74, 6) is 0.565. The third-order valence-corrected chi connectivity index (χ3v) is 2.49. The molecule has 0 spiro atoms. The average molecular weight is 167 g/mol. The van der Waals surface area contributed by atoms with Crippen LogP contribution in [0.1, 0.15) is 12.8 Å². The van der Waals surface area contributed by atoms with E-state index in [1.54, 1.807) is 0 Å². The van der Waals surface area contributed by atoms with Gasteiger partial charge < -0.3 is 10.2 Å². The summed E-state index contributed by atoms with van der Waals surface area (Å²) in [6, 6.07) is 2.41. The van der Waals surface area contributed by atoms with Crippen LogP contribution < -0.4 is 5.32 Å². The van der Waals surface area contributed by atoms with Crippen molar-refractivity contribution < 1.29 is 0 Å². The van der Waals surface area contributed by atoms with Crippen molar-refractivity contribution in [2.45, 2.75) is 18.4 Å². The van der Waals surface area contributed by atoms with Crippen LogP contribution >= 0.6 is 0 Å². The first-order valence-electron chi connectivity index (χ1n) is 4.39. The van der Waals surface area contributed by atoms with Crippen LogP contribution in [0.15, 0.2) is 0 Å². The van der Waals surface area contributed by atoms with Gasteiger partial charge >= 0.3 is 0 Å². The second kappa shape index (κ2) is 3.42. The maximum atomic E-state index is 9.10. The molecule has 0 bridgehead atoms. The van der Waals surface area contributed by atoms with E-state index in [0.29, 0.717) is 5.92 Å². The predicted molar refractivity (Wildman–Crippen MR) is 48.7 cm³/mol. The smallest absolute Gasteiger partial charge is 0.122 e. The Bertz CT molecular complexity index is 190. The molecule has 1 aliphatic rings. The van der Waals surface area contributed by atoms with E-state index in [1.165, 1.54) is 12.8 Å². The summed E-state index contributed by atoms with van der Waals surface area (Å²) < 4.78 is 0. The molecule has 1 N–H and O–H groups in total. The van der Waals surface area contributed by atoms with Gasteiger partial charge in [-0.1, -0.05) is 0 Å². The summed E-state index contributed by atoms with van der Waals surface area (Å²) in [7, 11) is 5.89. The number of nitriles is 1. The minimum Gasteiger partial charge on any atom is -0.306 e. The second-order valence-electron chi connectivity index (χ2n) is 3.85. The maximum Gasteiger partial charge on any atom is 0.122 e. The zero-order chi connectivity index (χ0) is 9.19. The molecule has 0 aromatic rings. The fourth-order valence-corrected chi connectivity index (χ4v) is 1.67. The molecule has 68 valence electrons. The molecule has 1 atom stereocenters. The minimum absolute atomic E-state index is 0.302. The summed E-state index contributed by atoms with van der Waals surface area (Å²) in [5.41, 5.74) is -0.302. The summed E-state index contributed by atoms with van der Waals surface area (Å²) in [6.07, 6.45) is 2.39. The highest BCUT2D eigenvalue weighted by Gasteiger charge is 2.44. The highest BCUT2D eigenvalue weighted by molar-refractivity contribution is 5.15. The summed E-state index contributed by atoms with van der Waals surface area (Å²) in [5, 5.41) is 12.3. The van der Waals surface area contributed by atoms with E-state index in [2.05, 4.69) is 16.3 Å². The Morgan fingerprint density at radius 3 is 2.42 bits per heavy atom. The molecule has 0 aliphatic heterocycles. The van der Waals surface area contributed by atoms with Gasteiger partial charge in [-0.15, -0.1) is 0 Å². The standard InChI is InChI=1S/C9H17N3/c1-11-9(6-10,7-12(2)3)8-4-5-8/h8,11H,4-5,7H2,1-3H3. The Hall–Kier alpha value is -0.590. The Morgan fingerprint density at radius 1 is 1.58 bits per heavy atom. The number of likely N-dealkylation sites (N-methyl/N-ethyl adjacent to an activating group) is 2. The first-order chi connectivity index (χ1) is 5.64. The molecule has 12 heavy (non-hydrogen) atoms. The molecule has 0 heterocycles. The maximum absolute atomic E-state index is 9.10. The van der Waals surface area contributed by atoms with Gasteiger partial charge in [-0.3, -0.25) is 0 Å². The zero-order valence-electron chi connectivity index (χ0n) is 8.09. The molecule has 0 saturated heterocycles. The molecule has 1 fully saturated rings. The lowest BCUT2D eigenvalue weighted by molar-refractivity contribution is 0.271. The van der Waals surface area contributed by atoms with Gasteiger partial charge in [-0.05, 0) is 39.9 Å². The Balaban J connectivity index is 2.63. The van der Waals surface area contributed by atoms with Crippen LogP contribution in [0, 0.1) is 17.2 Å². The summed E-state index contributed by atoms with van der Waals surface area (Å²) in [4.78, 5) is 2.07. The van der Waals surface area contributed by atoms with Crippen LogP contribution in [-0.4, -0.2) is 38.1 Å². The van der Waals surface area contributed by atoms with E-state index in [1.807, 2.05) is 21.1 Å². The van der Waals surface area contributed by atoms with Crippen LogP contribution in [0.3, 0.4) is 0 Å². The molecule has 1 rings (SSSR count). The lowest BCUT2D eigenvalue weighted by Gasteiger charge is -2.29. The Labute approximate surface area is 74.4 Å². The number of hydrogen-bond acceptors (Lipinski definition) is 3. The van der Waals surface area contributed by atoms with Crippen molar-refractivity contribution in [2.75, 3.05) is 27.7 Å². The lowest BCUT2D eigenvalue weighted by atomic mass is 9.95. The van der Waals surface area contributed by atoms with Gasteiger partial charge in [0.25, 0.3) is 0 Å². The van der Waals surface area contributed by atoms with Crippen molar-refractivity contribution in [3.8, 4) is 6.07 Å². The topological polar surface area (TPSA) is 39.1 Å². The molecule has 0 radical (unpaired) electrons. The highest BCUT2D eigenvalue weighted by atomic mass is 15.1. The zero-order valence-corrected chi connectivity index (χ0v) is 8.09. The van der Waals surface area contributed by atoms with Crippen LogP contribution in [-0.2, 0) is 0 Å². The number of hydrogen-bond donors (Lipinski definition) is 1. The van der Waals surface area contributed by atoms with Crippen LogP contribution in [0.2, 0.25) is 0 Å². The number of nitrogens with one attached hydrogen (secondary N) is 1. The third kappa shape index (κ3) is 1.77. The van der Waals surface area contributed by atoms with E-state index in [4.69, 9.17) is 5.26 Å². The Kier molecular flexibility index (Phi) is 2.71. The average Bonchev–Trinajstić information content (AvgIpc) is 2.82. The fourth-order valence-electron chi connectivity index (χ4n) is 1.67. The van der Waals surface area contributed by atoms with E-state index in [9.17, 15) is 0 Å². The molecule has 1 aliphatic carbocycles. The normalized spacial score (nSPS) is 21.9. The first-order valence-corrected chi connectivity index (χ1v) is 4.39. The summed E-state index contributed by atoms with van der Waals surface area (Å²) in [6.45, 7) is 0.810. The van der Waals surface area contributed by atoms with Crippen LogP contribution in [0.5, 0.6) is 0 Å². The molecule has 1 unspecified atom stereocenters. The first kappa shape index (κ1) is 9.50. The van der Waals surface area contributed by atoms with E-state index in [-0.39, 0.29) is 5.54 Å². The van der Waals surface area contributed by atoms with Crippen molar-refractivity contribution in [3.63, 3.8) is 0 Å². The lowest BCUT2D eigenvalue weighted by Crippen LogP contribution is -2.51. The van der Waals surface area contributed by atoms with Gasteiger partial charge in [0.1, 0.15) is 5.54 Å². The monoisotopic (exact) mass is 167 g/mol. The van der Waals surface area contributed by atoms with Crippen LogP contribution in [0.25, 0.3) is 0 Å². The molecule has 0 amide bonds. The molecular weight excluding hydrogens is 150 g/mol. The van der Waals surface area contributed by atoms with Crippen molar-refractivity contribution >= 4 is 0 Å². The van der Waals surface area contributed by atoms with E-state index in [0.717, 1.165) is 6.54 Å². The van der Waals surface area contributed by atoms with Gasteiger partial charge in [0.2, 0.25) is 0 Å². The van der Waals surface area contributed by atoms with Crippen molar-refractivity contribution in [1.29, 1.82) is 5.26 Å². The van der Waals surface area contributed by atoms with Gasteiger partial charge in [0.05, 0.1) is 6.07 Å². The molecule has 1 saturated carbocycles. The second-order valence-corrected chi connectivity index (χ2v) is 3.85. The minimum atomic E-state index is -0.302. The third-order valence-electron chi connectivity index (χ3n) is 2.49. The van der Waals surface area contributed by atoms with Gasteiger partial charge in [0.15, 0.2) is 0 Å². The van der Waals surface area contributed by atoms with Gasteiger partial charge in [0, 0.05) is 6.54 Å². The molecular formula is C9H17N3. The molecule has 3 heteroatoms. The van der Waals surface area contributed by atoms with E-state index < -0.39 is 0 Å². The summed E-state index contributed by atoms with van der Waals surface area (Å²) >= 11 is 0. The van der Waals surface area contributed by atoms with Crippen molar-refractivity contribution in [1.82, 2.24) is 10.2 Å². The number of nitrogens with zero attached hydrogens (tertiary/aromatic N) is 2. The van der Waals surface area contributed by atoms with E-state index >= 15 is 0 Å². The quantitative estimate of drug-likeness (QED) is 0.660. The SMILES string of the molecule is CNC(C#N)(CN(C)C)C1CC1.